The van der Waals surface area contributed by atoms with Crippen molar-refractivity contribution >= 4 is 39.2 Å². The molecule has 0 aliphatic heterocycles. The fraction of sp³-hybridized carbons (Fsp3) is 0.0952. The van der Waals surface area contributed by atoms with Crippen molar-refractivity contribution in [1.82, 2.24) is 14.6 Å². The van der Waals surface area contributed by atoms with Crippen LogP contribution in [0.4, 0.5) is 13.2 Å². The highest BCUT2D eigenvalue weighted by Gasteiger charge is 2.31. The SMILES string of the molecule is O=c1cc(CSc2nnc3ccc(C(F)(F)F)cn23)c2c(ccc3ccccc32)o1. The average Bonchev–Trinajstić information content (AvgIpc) is 3.13. The number of rotatable bonds is 3. The van der Waals surface area contributed by atoms with Crippen LogP contribution in [0.5, 0.6) is 0 Å². The molecular weight excluding hydrogens is 415 g/mol. The standard InChI is InChI=1S/C21H12F3N3O2S/c22-21(23,24)14-6-8-17-25-26-20(27(17)10-14)30-11-13-9-18(28)29-16-7-5-12-3-1-2-4-15(12)19(13)16/h1-10H,11H2. The van der Waals surface area contributed by atoms with E-state index in [1.165, 1.54) is 28.3 Å². The highest BCUT2D eigenvalue weighted by atomic mass is 32.2. The van der Waals surface area contributed by atoms with Crippen molar-refractivity contribution in [3.8, 4) is 0 Å². The largest absolute Gasteiger partial charge is 0.423 e. The summed E-state index contributed by atoms with van der Waals surface area (Å²) < 4.78 is 45.8. The number of benzene rings is 2. The Labute approximate surface area is 171 Å². The van der Waals surface area contributed by atoms with Gasteiger partial charge in [0, 0.05) is 23.4 Å². The van der Waals surface area contributed by atoms with Crippen molar-refractivity contribution in [2.24, 2.45) is 0 Å². The molecular formula is C21H12F3N3O2S. The van der Waals surface area contributed by atoms with Gasteiger partial charge in [-0.05, 0) is 34.5 Å². The van der Waals surface area contributed by atoms with Crippen LogP contribution in [-0.2, 0) is 11.9 Å². The zero-order chi connectivity index (χ0) is 20.9. The second kappa shape index (κ2) is 6.88. The Kier molecular flexibility index (Phi) is 4.28. The summed E-state index contributed by atoms with van der Waals surface area (Å²) in [4.78, 5) is 12.0. The first kappa shape index (κ1) is 18.7. The number of hydrogen-bond acceptors (Lipinski definition) is 5. The highest BCUT2D eigenvalue weighted by Crippen LogP contribution is 2.33. The van der Waals surface area contributed by atoms with Gasteiger partial charge in [-0.1, -0.05) is 42.1 Å². The summed E-state index contributed by atoms with van der Waals surface area (Å²) in [5, 5.41) is 11.0. The molecule has 0 aliphatic rings. The Morgan fingerprint density at radius 1 is 1.03 bits per heavy atom. The van der Waals surface area contributed by atoms with E-state index >= 15 is 0 Å². The Morgan fingerprint density at radius 3 is 2.70 bits per heavy atom. The number of nitrogens with zero attached hydrogens (tertiary/aromatic N) is 3. The van der Waals surface area contributed by atoms with Gasteiger partial charge >= 0.3 is 11.8 Å². The topological polar surface area (TPSA) is 60.4 Å². The number of alkyl halides is 3. The summed E-state index contributed by atoms with van der Waals surface area (Å²) in [6.45, 7) is 0. The summed E-state index contributed by atoms with van der Waals surface area (Å²) in [5.41, 5.74) is 0.217. The lowest BCUT2D eigenvalue weighted by Gasteiger charge is -2.09. The summed E-state index contributed by atoms with van der Waals surface area (Å²) in [6, 6.07) is 15.0. The van der Waals surface area contributed by atoms with Crippen molar-refractivity contribution in [3.63, 3.8) is 0 Å². The third-order valence-corrected chi connectivity index (χ3v) is 5.76. The lowest BCUT2D eigenvalue weighted by molar-refractivity contribution is -0.137. The van der Waals surface area contributed by atoms with Gasteiger partial charge in [0.15, 0.2) is 10.8 Å². The van der Waals surface area contributed by atoms with Crippen LogP contribution in [0.15, 0.2) is 75.2 Å². The smallest absolute Gasteiger partial charge is 0.417 e. The van der Waals surface area contributed by atoms with E-state index in [0.717, 1.165) is 28.4 Å². The summed E-state index contributed by atoms with van der Waals surface area (Å²) in [7, 11) is 0. The van der Waals surface area contributed by atoms with E-state index in [0.29, 0.717) is 27.7 Å². The van der Waals surface area contributed by atoms with E-state index in [4.69, 9.17) is 4.42 Å². The molecule has 0 unspecified atom stereocenters. The Hall–Kier alpha value is -3.33. The molecule has 0 spiro atoms. The molecule has 150 valence electrons. The van der Waals surface area contributed by atoms with E-state index in [1.807, 2.05) is 30.3 Å². The minimum Gasteiger partial charge on any atom is -0.423 e. The van der Waals surface area contributed by atoms with E-state index in [-0.39, 0.29) is 0 Å². The molecule has 9 heteroatoms. The average molecular weight is 427 g/mol. The fourth-order valence-electron chi connectivity index (χ4n) is 3.41. The van der Waals surface area contributed by atoms with Gasteiger partial charge in [-0.15, -0.1) is 10.2 Å². The molecule has 0 amide bonds. The molecule has 0 aliphatic carbocycles. The molecule has 5 nitrogen and oxygen atoms in total. The maximum Gasteiger partial charge on any atom is 0.417 e. The molecule has 2 aromatic carbocycles. The van der Waals surface area contributed by atoms with Crippen molar-refractivity contribution < 1.29 is 17.6 Å². The monoisotopic (exact) mass is 427 g/mol. The first-order valence-electron chi connectivity index (χ1n) is 8.89. The third kappa shape index (κ3) is 3.21. The highest BCUT2D eigenvalue weighted by molar-refractivity contribution is 7.98. The number of aromatic nitrogens is 3. The molecule has 0 radical (unpaired) electrons. The lowest BCUT2D eigenvalue weighted by atomic mass is 10.0. The van der Waals surface area contributed by atoms with Crippen molar-refractivity contribution in [2.45, 2.75) is 17.1 Å². The second-order valence-corrected chi connectivity index (χ2v) is 7.61. The Morgan fingerprint density at radius 2 is 1.87 bits per heavy atom. The summed E-state index contributed by atoms with van der Waals surface area (Å²) >= 11 is 1.20. The van der Waals surface area contributed by atoms with Crippen LogP contribution in [0.2, 0.25) is 0 Å². The van der Waals surface area contributed by atoms with Crippen molar-refractivity contribution in [3.05, 3.63) is 82.3 Å². The molecule has 0 saturated carbocycles. The van der Waals surface area contributed by atoms with Gasteiger partial charge in [-0.25, -0.2) is 4.79 Å². The van der Waals surface area contributed by atoms with E-state index in [9.17, 15) is 18.0 Å². The van der Waals surface area contributed by atoms with Gasteiger partial charge in [-0.2, -0.15) is 13.2 Å². The first-order chi connectivity index (χ1) is 14.4. The Balaban J connectivity index is 1.59. The molecule has 3 heterocycles. The number of thioether (sulfide) groups is 1. The minimum absolute atomic E-state index is 0.303. The molecule has 0 fully saturated rings. The second-order valence-electron chi connectivity index (χ2n) is 6.67. The first-order valence-corrected chi connectivity index (χ1v) is 9.88. The van der Waals surface area contributed by atoms with Gasteiger partial charge in [0.25, 0.3) is 0 Å². The molecule has 0 bridgehead atoms. The van der Waals surface area contributed by atoms with Crippen LogP contribution < -0.4 is 5.63 Å². The van der Waals surface area contributed by atoms with Crippen molar-refractivity contribution in [1.29, 1.82) is 0 Å². The number of pyridine rings is 1. The van der Waals surface area contributed by atoms with Gasteiger partial charge in [-0.3, -0.25) is 4.40 Å². The quantitative estimate of drug-likeness (QED) is 0.222. The van der Waals surface area contributed by atoms with Crippen LogP contribution in [-0.4, -0.2) is 14.6 Å². The fourth-order valence-corrected chi connectivity index (χ4v) is 4.31. The number of halogens is 3. The zero-order valence-corrected chi connectivity index (χ0v) is 16.0. The molecule has 5 rings (SSSR count). The maximum atomic E-state index is 13.1. The predicted molar refractivity (Wildman–Crippen MR) is 108 cm³/mol. The molecule has 0 saturated heterocycles. The van der Waals surface area contributed by atoms with E-state index < -0.39 is 17.4 Å². The van der Waals surface area contributed by atoms with Crippen LogP contribution in [0, 0.1) is 0 Å². The number of fused-ring (bicyclic) bond motifs is 4. The predicted octanol–water partition coefficient (Wildman–Crippen LogP) is 5.30. The molecule has 0 atom stereocenters. The maximum absolute atomic E-state index is 13.1. The summed E-state index contributed by atoms with van der Waals surface area (Å²) in [5.74, 6) is 0.313. The number of hydrogen-bond donors (Lipinski definition) is 0. The molecule has 30 heavy (non-hydrogen) atoms. The van der Waals surface area contributed by atoms with Crippen molar-refractivity contribution in [2.75, 3.05) is 0 Å². The van der Waals surface area contributed by atoms with Gasteiger partial charge in [0.1, 0.15) is 5.58 Å². The van der Waals surface area contributed by atoms with Crippen LogP contribution in [0.25, 0.3) is 27.4 Å². The van der Waals surface area contributed by atoms with E-state index in [1.54, 1.807) is 6.07 Å². The van der Waals surface area contributed by atoms with Gasteiger partial charge in [0.05, 0.1) is 5.56 Å². The normalized spacial score (nSPS) is 12.2. The summed E-state index contributed by atoms with van der Waals surface area (Å²) in [6.07, 6.45) is -3.49. The van der Waals surface area contributed by atoms with Crippen LogP contribution in [0.1, 0.15) is 11.1 Å². The molecule has 0 N–H and O–H groups in total. The van der Waals surface area contributed by atoms with Gasteiger partial charge in [0.2, 0.25) is 0 Å². The van der Waals surface area contributed by atoms with Gasteiger partial charge < -0.3 is 4.42 Å². The molecule has 3 aromatic heterocycles. The lowest BCUT2D eigenvalue weighted by Crippen LogP contribution is -2.06. The van der Waals surface area contributed by atoms with Crippen LogP contribution >= 0.6 is 11.8 Å². The zero-order valence-electron chi connectivity index (χ0n) is 15.2. The van der Waals surface area contributed by atoms with E-state index in [2.05, 4.69) is 10.2 Å². The third-order valence-electron chi connectivity index (χ3n) is 4.77. The minimum atomic E-state index is -4.46. The van der Waals surface area contributed by atoms with Crippen LogP contribution in [0.3, 0.4) is 0 Å². The Bertz CT molecular complexity index is 1470. The molecule has 5 aromatic rings.